The molecular weight excluding hydrogens is 410 g/mol. The molecular formula is C20H17N3O6S. The molecule has 0 aliphatic heterocycles. The Morgan fingerprint density at radius 2 is 1.77 bits per heavy atom. The molecule has 0 amide bonds. The average molecular weight is 427 g/mol. The van der Waals surface area contributed by atoms with Crippen molar-refractivity contribution in [1.29, 1.82) is 0 Å². The van der Waals surface area contributed by atoms with E-state index in [9.17, 15) is 23.4 Å². The Labute approximate surface area is 171 Å². The molecule has 0 aliphatic rings. The van der Waals surface area contributed by atoms with Crippen molar-refractivity contribution in [2.45, 2.75) is 17.7 Å². The number of nitrogens with zero attached hydrogens (tertiary/aromatic N) is 3. The third kappa shape index (κ3) is 3.37. The van der Waals surface area contributed by atoms with Crippen LogP contribution in [0.2, 0.25) is 0 Å². The molecule has 2 aromatic heterocycles. The molecule has 4 rings (SSSR count). The fourth-order valence-corrected chi connectivity index (χ4v) is 4.61. The van der Waals surface area contributed by atoms with Crippen LogP contribution in [0.3, 0.4) is 0 Å². The maximum Gasteiger partial charge on any atom is 0.303 e. The molecule has 0 fully saturated rings. The number of aromatic nitrogens is 3. The highest BCUT2D eigenvalue weighted by Crippen LogP contribution is 2.35. The third-order valence-corrected chi connectivity index (χ3v) is 6.41. The van der Waals surface area contributed by atoms with E-state index in [2.05, 4.69) is 5.10 Å². The van der Waals surface area contributed by atoms with Gasteiger partial charge >= 0.3 is 5.97 Å². The Morgan fingerprint density at radius 3 is 2.40 bits per heavy atom. The molecule has 0 aliphatic carbocycles. The van der Waals surface area contributed by atoms with Gasteiger partial charge in [0.25, 0.3) is 10.0 Å². The predicted molar refractivity (Wildman–Crippen MR) is 107 cm³/mol. The van der Waals surface area contributed by atoms with E-state index in [1.54, 1.807) is 35.3 Å². The first-order valence-electron chi connectivity index (χ1n) is 8.91. The van der Waals surface area contributed by atoms with Crippen LogP contribution in [-0.4, -0.2) is 43.5 Å². The van der Waals surface area contributed by atoms with Gasteiger partial charge in [-0.25, -0.2) is 17.1 Å². The average Bonchev–Trinajstić information content (AvgIpc) is 3.36. The number of aryl methyl sites for hydroxylation is 1. The summed E-state index contributed by atoms with van der Waals surface area (Å²) in [5.41, 5.74) is 1.25. The molecule has 4 aromatic rings. The van der Waals surface area contributed by atoms with Gasteiger partial charge in [-0.05, 0) is 48.4 Å². The number of fused-ring (bicyclic) bond motifs is 1. The van der Waals surface area contributed by atoms with Gasteiger partial charge in [-0.3, -0.25) is 4.79 Å². The first kappa shape index (κ1) is 19.5. The minimum Gasteiger partial charge on any atom is -0.504 e. The van der Waals surface area contributed by atoms with Gasteiger partial charge in [0.1, 0.15) is 0 Å². The Hall–Kier alpha value is -3.79. The van der Waals surface area contributed by atoms with E-state index in [0.29, 0.717) is 16.6 Å². The SMILES string of the molecule is O=C(O)CCc1cn(S(=O)(=O)c2ccc(-n3cccn3)cc2)c2cc(O)c(O)cc12. The second-order valence-corrected chi connectivity index (χ2v) is 8.47. The number of aliphatic carboxylic acids is 1. The summed E-state index contributed by atoms with van der Waals surface area (Å²) < 4.78 is 29.1. The van der Waals surface area contributed by atoms with Crippen LogP contribution in [0.5, 0.6) is 11.5 Å². The van der Waals surface area contributed by atoms with Crippen LogP contribution in [0.1, 0.15) is 12.0 Å². The summed E-state index contributed by atoms with van der Waals surface area (Å²) >= 11 is 0. The van der Waals surface area contributed by atoms with Crippen molar-refractivity contribution >= 4 is 26.9 Å². The molecule has 3 N–H and O–H groups in total. The molecule has 0 saturated carbocycles. The van der Waals surface area contributed by atoms with E-state index in [-0.39, 0.29) is 23.3 Å². The van der Waals surface area contributed by atoms with Crippen LogP contribution in [-0.2, 0) is 21.2 Å². The summed E-state index contributed by atoms with van der Waals surface area (Å²) in [5.74, 6) is -1.93. The number of carbonyl (C=O) groups is 1. The Morgan fingerprint density at radius 1 is 1.07 bits per heavy atom. The molecule has 0 atom stereocenters. The van der Waals surface area contributed by atoms with E-state index in [1.807, 2.05) is 0 Å². The molecule has 10 heteroatoms. The zero-order valence-corrected chi connectivity index (χ0v) is 16.3. The second kappa shape index (κ2) is 7.23. The Balaban J connectivity index is 1.82. The Kier molecular flexibility index (Phi) is 4.70. The summed E-state index contributed by atoms with van der Waals surface area (Å²) in [6.07, 6.45) is 4.52. The van der Waals surface area contributed by atoms with Gasteiger partial charge in [-0.15, -0.1) is 0 Å². The molecule has 9 nitrogen and oxygen atoms in total. The summed E-state index contributed by atoms with van der Waals surface area (Å²) in [5, 5.41) is 33.1. The number of carboxylic acid groups (broad SMARTS) is 1. The predicted octanol–water partition coefficient (Wildman–Crippen LogP) is 2.49. The highest BCUT2D eigenvalue weighted by Gasteiger charge is 2.23. The van der Waals surface area contributed by atoms with Crippen molar-refractivity contribution in [2.24, 2.45) is 0 Å². The van der Waals surface area contributed by atoms with Crippen molar-refractivity contribution < 1.29 is 28.5 Å². The maximum absolute atomic E-state index is 13.3. The van der Waals surface area contributed by atoms with Crippen molar-refractivity contribution in [2.75, 3.05) is 0 Å². The van der Waals surface area contributed by atoms with E-state index in [4.69, 9.17) is 5.11 Å². The van der Waals surface area contributed by atoms with E-state index in [1.165, 1.54) is 24.4 Å². The van der Waals surface area contributed by atoms with Crippen molar-refractivity contribution in [3.05, 3.63) is 66.6 Å². The van der Waals surface area contributed by atoms with Gasteiger partial charge in [0, 0.05) is 36.5 Å². The van der Waals surface area contributed by atoms with Gasteiger partial charge in [0.2, 0.25) is 0 Å². The number of phenols is 2. The summed E-state index contributed by atoms with van der Waals surface area (Å²) in [7, 11) is -4.05. The minimum atomic E-state index is -4.05. The van der Waals surface area contributed by atoms with E-state index in [0.717, 1.165) is 10.0 Å². The van der Waals surface area contributed by atoms with Gasteiger partial charge in [0.05, 0.1) is 16.1 Å². The zero-order valence-electron chi connectivity index (χ0n) is 15.5. The summed E-state index contributed by atoms with van der Waals surface area (Å²) in [6, 6.07) is 10.2. The summed E-state index contributed by atoms with van der Waals surface area (Å²) in [6.45, 7) is 0. The van der Waals surface area contributed by atoms with Crippen LogP contribution in [0.4, 0.5) is 0 Å². The normalized spacial score (nSPS) is 11.7. The van der Waals surface area contributed by atoms with Crippen LogP contribution in [0.25, 0.3) is 16.6 Å². The quantitative estimate of drug-likeness (QED) is 0.402. The van der Waals surface area contributed by atoms with Crippen molar-refractivity contribution in [3.8, 4) is 17.2 Å². The molecule has 2 heterocycles. The third-order valence-electron chi connectivity index (χ3n) is 4.72. The molecule has 0 bridgehead atoms. The lowest BCUT2D eigenvalue weighted by Gasteiger charge is -2.09. The van der Waals surface area contributed by atoms with Crippen LogP contribution >= 0.6 is 0 Å². The zero-order chi connectivity index (χ0) is 21.5. The topological polar surface area (TPSA) is 135 Å². The molecule has 0 unspecified atom stereocenters. The molecule has 0 saturated heterocycles. The number of hydrogen-bond acceptors (Lipinski definition) is 6. The number of phenolic OH excluding ortho intramolecular Hbond substituents is 2. The highest BCUT2D eigenvalue weighted by molar-refractivity contribution is 7.90. The van der Waals surface area contributed by atoms with Gasteiger partial charge in [0.15, 0.2) is 11.5 Å². The van der Waals surface area contributed by atoms with Crippen LogP contribution in [0.15, 0.2) is 66.0 Å². The second-order valence-electron chi connectivity index (χ2n) is 6.65. The lowest BCUT2D eigenvalue weighted by molar-refractivity contribution is -0.136. The largest absolute Gasteiger partial charge is 0.504 e. The lowest BCUT2D eigenvalue weighted by atomic mass is 10.1. The maximum atomic E-state index is 13.3. The molecule has 154 valence electrons. The first-order chi connectivity index (χ1) is 14.3. The van der Waals surface area contributed by atoms with E-state index < -0.39 is 27.5 Å². The summed E-state index contributed by atoms with van der Waals surface area (Å²) in [4.78, 5) is 11.0. The highest BCUT2D eigenvalue weighted by atomic mass is 32.2. The molecule has 30 heavy (non-hydrogen) atoms. The van der Waals surface area contributed by atoms with Crippen LogP contribution < -0.4 is 0 Å². The molecule has 0 radical (unpaired) electrons. The molecule has 2 aromatic carbocycles. The number of rotatable bonds is 6. The Bertz CT molecular complexity index is 1340. The van der Waals surface area contributed by atoms with Gasteiger partial charge in [-0.2, -0.15) is 5.10 Å². The number of carboxylic acids is 1. The van der Waals surface area contributed by atoms with Crippen molar-refractivity contribution in [1.82, 2.24) is 13.8 Å². The number of hydrogen-bond donors (Lipinski definition) is 3. The van der Waals surface area contributed by atoms with Gasteiger partial charge in [-0.1, -0.05) is 0 Å². The standard InChI is InChI=1S/C20H17N3O6S/c24-18-10-16-13(2-7-20(26)27)12-23(17(16)11-19(18)25)30(28,29)15-5-3-14(4-6-15)22-9-1-8-21-22/h1,3-6,8-12,24-25H,2,7H2,(H,26,27). The fourth-order valence-electron chi connectivity index (χ4n) is 3.23. The smallest absolute Gasteiger partial charge is 0.303 e. The van der Waals surface area contributed by atoms with Crippen molar-refractivity contribution in [3.63, 3.8) is 0 Å². The molecule has 0 spiro atoms. The monoisotopic (exact) mass is 427 g/mol. The first-order valence-corrected chi connectivity index (χ1v) is 10.3. The lowest BCUT2D eigenvalue weighted by Crippen LogP contribution is -2.12. The fraction of sp³-hybridized carbons (Fsp3) is 0.100. The van der Waals surface area contributed by atoms with E-state index >= 15 is 0 Å². The van der Waals surface area contributed by atoms with Crippen LogP contribution in [0, 0.1) is 0 Å². The minimum absolute atomic E-state index is 0.00709. The number of benzene rings is 2. The number of aromatic hydroxyl groups is 2. The van der Waals surface area contributed by atoms with Gasteiger partial charge < -0.3 is 15.3 Å².